The summed E-state index contributed by atoms with van der Waals surface area (Å²) in [5.74, 6) is 0.524. The van der Waals surface area contributed by atoms with Crippen LogP contribution in [0.4, 0.5) is 0 Å². The highest BCUT2D eigenvalue weighted by Crippen LogP contribution is 2.44. The summed E-state index contributed by atoms with van der Waals surface area (Å²) in [4.78, 5) is 6.24. The Kier molecular flexibility index (Phi) is 6.50. The average molecular weight is 599 g/mol. The molecule has 8 heteroatoms. The zero-order valence-electron chi connectivity index (χ0n) is 16.3. The standard InChI is InChI=1S/C22H19Br3N2O3/c1-12-19(21(29-26-12)15-5-9-17(25)10-6-15)22(28)27-13(2)18(11-23)20(30-27)14-3-7-16(24)8-4-14/h3-10,20,22,28H,11H2,1-2H3. The normalized spacial score (nSPS) is 17.7. The first kappa shape index (κ1) is 21.8. The van der Waals surface area contributed by atoms with Gasteiger partial charge in [-0.2, -0.15) is 0 Å². The molecular formula is C22H19Br3N2O3. The van der Waals surface area contributed by atoms with Gasteiger partial charge in [-0.15, -0.1) is 0 Å². The van der Waals surface area contributed by atoms with Crippen molar-refractivity contribution in [3.05, 3.63) is 85.6 Å². The second-order valence-electron chi connectivity index (χ2n) is 7.00. The lowest BCUT2D eigenvalue weighted by molar-refractivity contribution is -0.222. The van der Waals surface area contributed by atoms with Gasteiger partial charge >= 0.3 is 0 Å². The number of alkyl halides is 1. The summed E-state index contributed by atoms with van der Waals surface area (Å²) in [6.45, 7) is 3.76. The van der Waals surface area contributed by atoms with E-state index >= 15 is 0 Å². The molecule has 0 amide bonds. The maximum Gasteiger partial charge on any atom is 0.182 e. The summed E-state index contributed by atoms with van der Waals surface area (Å²) < 4.78 is 7.54. The molecule has 5 nitrogen and oxygen atoms in total. The van der Waals surface area contributed by atoms with Crippen molar-refractivity contribution >= 4 is 47.8 Å². The summed E-state index contributed by atoms with van der Waals surface area (Å²) in [6, 6.07) is 15.7. The molecule has 0 fully saturated rings. The molecule has 0 radical (unpaired) electrons. The van der Waals surface area contributed by atoms with Gasteiger partial charge in [0.2, 0.25) is 0 Å². The molecule has 2 aromatic carbocycles. The van der Waals surface area contributed by atoms with Crippen LogP contribution >= 0.6 is 47.8 Å². The largest absolute Gasteiger partial charge is 0.367 e. The fourth-order valence-corrected chi connectivity index (χ4v) is 4.73. The van der Waals surface area contributed by atoms with Crippen LogP contribution in [0.15, 0.2) is 73.3 Å². The number of aliphatic hydroxyl groups is 1. The van der Waals surface area contributed by atoms with Gasteiger partial charge in [0, 0.05) is 25.5 Å². The maximum absolute atomic E-state index is 11.3. The van der Waals surface area contributed by atoms with E-state index < -0.39 is 6.23 Å². The van der Waals surface area contributed by atoms with Crippen LogP contribution in [0, 0.1) is 6.92 Å². The minimum atomic E-state index is -1.07. The molecule has 156 valence electrons. The smallest absolute Gasteiger partial charge is 0.182 e. The van der Waals surface area contributed by atoms with E-state index in [0.29, 0.717) is 22.3 Å². The molecule has 4 rings (SSSR count). The van der Waals surface area contributed by atoms with Crippen molar-refractivity contribution in [2.45, 2.75) is 26.2 Å². The van der Waals surface area contributed by atoms with Gasteiger partial charge in [0.05, 0.1) is 11.3 Å². The lowest BCUT2D eigenvalue weighted by Crippen LogP contribution is -2.25. The number of aryl methyl sites for hydroxylation is 1. The van der Waals surface area contributed by atoms with Gasteiger partial charge in [-0.3, -0.25) is 4.84 Å². The molecule has 0 bridgehead atoms. The maximum atomic E-state index is 11.3. The molecule has 0 aliphatic carbocycles. The molecule has 2 unspecified atom stereocenters. The van der Waals surface area contributed by atoms with E-state index in [1.54, 1.807) is 5.06 Å². The third kappa shape index (κ3) is 4.03. The van der Waals surface area contributed by atoms with Crippen LogP contribution in [0.25, 0.3) is 11.3 Å². The Labute approximate surface area is 200 Å². The van der Waals surface area contributed by atoms with Crippen LogP contribution in [-0.4, -0.2) is 20.7 Å². The molecule has 1 N–H and O–H groups in total. The summed E-state index contributed by atoms with van der Waals surface area (Å²) in [5, 5.41) is 17.6. The van der Waals surface area contributed by atoms with Crippen LogP contribution in [0.1, 0.15) is 36.1 Å². The first-order valence-electron chi connectivity index (χ1n) is 9.28. The summed E-state index contributed by atoms with van der Waals surface area (Å²) in [5.41, 5.74) is 4.95. The Balaban J connectivity index is 1.70. The van der Waals surface area contributed by atoms with Crippen molar-refractivity contribution < 1.29 is 14.5 Å². The predicted molar refractivity (Wildman–Crippen MR) is 126 cm³/mol. The Morgan fingerprint density at radius 1 is 1.03 bits per heavy atom. The fraction of sp³-hybridized carbons (Fsp3) is 0.227. The molecular weight excluding hydrogens is 580 g/mol. The quantitative estimate of drug-likeness (QED) is 0.327. The predicted octanol–water partition coefficient (Wildman–Crippen LogP) is 6.82. The zero-order chi connectivity index (χ0) is 21.4. The minimum Gasteiger partial charge on any atom is -0.367 e. The molecule has 1 aliphatic heterocycles. The molecule has 0 saturated carbocycles. The highest BCUT2D eigenvalue weighted by atomic mass is 79.9. The van der Waals surface area contributed by atoms with Crippen molar-refractivity contribution in [1.29, 1.82) is 0 Å². The second-order valence-corrected chi connectivity index (χ2v) is 9.39. The highest BCUT2D eigenvalue weighted by molar-refractivity contribution is 9.10. The van der Waals surface area contributed by atoms with E-state index in [-0.39, 0.29) is 6.10 Å². The zero-order valence-corrected chi connectivity index (χ0v) is 21.0. The SMILES string of the molecule is CC1=C(CBr)C(c2ccc(Br)cc2)ON1C(O)c1c(C)noc1-c1ccc(Br)cc1. The highest BCUT2D eigenvalue weighted by Gasteiger charge is 2.37. The van der Waals surface area contributed by atoms with Crippen LogP contribution in [0.3, 0.4) is 0 Å². The van der Waals surface area contributed by atoms with Gasteiger partial charge in [-0.1, -0.05) is 77.2 Å². The number of hydrogen-bond acceptors (Lipinski definition) is 5. The fourth-order valence-electron chi connectivity index (χ4n) is 3.50. The third-order valence-electron chi connectivity index (χ3n) is 5.14. The van der Waals surface area contributed by atoms with Gasteiger partial charge in [0.25, 0.3) is 0 Å². The first-order valence-corrected chi connectivity index (χ1v) is 12.0. The summed E-state index contributed by atoms with van der Waals surface area (Å²) in [7, 11) is 0. The van der Waals surface area contributed by atoms with E-state index in [0.717, 1.165) is 31.3 Å². The summed E-state index contributed by atoms with van der Waals surface area (Å²) in [6.07, 6.45) is -1.35. The molecule has 30 heavy (non-hydrogen) atoms. The van der Waals surface area contributed by atoms with Crippen LogP contribution in [0.5, 0.6) is 0 Å². The molecule has 2 heterocycles. The number of aliphatic hydroxyl groups excluding tert-OH is 1. The number of hydrogen-bond donors (Lipinski definition) is 1. The number of nitrogens with zero attached hydrogens (tertiary/aromatic N) is 2. The Morgan fingerprint density at radius 3 is 2.23 bits per heavy atom. The van der Waals surface area contributed by atoms with E-state index in [9.17, 15) is 5.11 Å². The van der Waals surface area contributed by atoms with E-state index in [1.165, 1.54) is 0 Å². The Morgan fingerprint density at radius 2 is 1.63 bits per heavy atom. The van der Waals surface area contributed by atoms with Crippen molar-refractivity contribution in [1.82, 2.24) is 10.2 Å². The topological polar surface area (TPSA) is 58.7 Å². The van der Waals surface area contributed by atoms with E-state index in [2.05, 4.69) is 52.9 Å². The second kappa shape index (κ2) is 8.96. The molecule has 1 aromatic heterocycles. The van der Waals surface area contributed by atoms with Crippen LogP contribution in [0.2, 0.25) is 0 Å². The number of aromatic nitrogens is 1. The lowest BCUT2D eigenvalue weighted by atomic mass is 10.0. The number of benzene rings is 2. The summed E-state index contributed by atoms with van der Waals surface area (Å²) >= 11 is 10.5. The van der Waals surface area contributed by atoms with E-state index in [4.69, 9.17) is 9.36 Å². The van der Waals surface area contributed by atoms with Crippen LogP contribution < -0.4 is 0 Å². The van der Waals surface area contributed by atoms with Crippen molar-refractivity contribution in [2.24, 2.45) is 0 Å². The molecule has 0 saturated heterocycles. The number of halogens is 3. The molecule has 2 atom stereocenters. The number of rotatable bonds is 5. The average Bonchev–Trinajstić information content (AvgIpc) is 3.28. The monoisotopic (exact) mass is 596 g/mol. The van der Waals surface area contributed by atoms with Crippen molar-refractivity contribution in [2.75, 3.05) is 5.33 Å². The van der Waals surface area contributed by atoms with Gasteiger partial charge in [0.1, 0.15) is 6.10 Å². The third-order valence-corrected chi connectivity index (χ3v) is 6.80. The van der Waals surface area contributed by atoms with Gasteiger partial charge in [0.15, 0.2) is 12.0 Å². The minimum absolute atomic E-state index is 0.288. The molecule has 0 spiro atoms. The molecule has 1 aliphatic rings. The Bertz CT molecular complexity index is 1080. The van der Waals surface area contributed by atoms with Crippen molar-refractivity contribution in [3.8, 4) is 11.3 Å². The van der Waals surface area contributed by atoms with E-state index in [1.807, 2.05) is 62.4 Å². The van der Waals surface area contributed by atoms with Crippen LogP contribution in [-0.2, 0) is 4.84 Å². The van der Waals surface area contributed by atoms with Gasteiger partial charge in [-0.05, 0) is 49.2 Å². The number of allylic oxidation sites excluding steroid dienone is 1. The van der Waals surface area contributed by atoms with Crippen molar-refractivity contribution in [3.63, 3.8) is 0 Å². The van der Waals surface area contributed by atoms with Gasteiger partial charge < -0.3 is 9.63 Å². The number of hydroxylamine groups is 2. The Hall–Kier alpha value is -1.45. The van der Waals surface area contributed by atoms with Gasteiger partial charge in [-0.25, -0.2) is 5.06 Å². The lowest BCUT2D eigenvalue weighted by Gasteiger charge is -2.26. The first-order chi connectivity index (χ1) is 14.4. The molecule has 3 aromatic rings.